The van der Waals surface area contributed by atoms with Crippen LogP contribution in [0.2, 0.25) is 0 Å². The summed E-state index contributed by atoms with van der Waals surface area (Å²) in [6, 6.07) is 9.89. The quantitative estimate of drug-likeness (QED) is 0.557. The summed E-state index contributed by atoms with van der Waals surface area (Å²) in [7, 11) is 0. The lowest BCUT2D eigenvalue weighted by Gasteiger charge is -2.43. The predicted molar refractivity (Wildman–Crippen MR) is 120 cm³/mol. The third-order valence-electron chi connectivity index (χ3n) is 6.87. The number of urea groups is 1. The van der Waals surface area contributed by atoms with Gasteiger partial charge in [0.2, 0.25) is 5.91 Å². The molecule has 0 aromatic heterocycles. The van der Waals surface area contributed by atoms with Crippen molar-refractivity contribution in [2.75, 3.05) is 32.8 Å². The van der Waals surface area contributed by atoms with Gasteiger partial charge in [-0.05, 0) is 42.7 Å². The van der Waals surface area contributed by atoms with Gasteiger partial charge in [0.25, 0.3) is 0 Å². The maximum Gasteiger partial charge on any atom is 0.416 e. The van der Waals surface area contributed by atoms with E-state index >= 15 is 0 Å². The first kappa shape index (κ1) is 26.9. The number of ether oxygens (including phenoxy) is 1. The number of fused-ring (bicyclic) bond motifs is 3. The van der Waals surface area contributed by atoms with Gasteiger partial charge in [0, 0.05) is 19.6 Å². The average molecular weight is 529 g/mol. The molecule has 2 heterocycles. The zero-order valence-electron chi connectivity index (χ0n) is 19.8. The number of hydrogen-bond acceptors (Lipinski definition) is 4. The highest BCUT2D eigenvalue weighted by Gasteiger charge is 2.44. The molecule has 2 aliphatic rings. The lowest BCUT2D eigenvalue weighted by molar-refractivity contribution is -0.143. The van der Waals surface area contributed by atoms with Crippen LogP contribution in [0, 0.1) is 0 Å². The van der Waals surface area contributed by atoms with E-state index in [0.29, 0.717) is 31.6 Å². The van der Waals surface area contributed by atoms with E-state index < -0.39 is 47.1 Å². The van der Waals surface area contributed by atoms with E-state index in [9.17, 15) is 35.9 Å². The molecule has 2 saturated heterocycles. The molecule has 0 radical (unpaired) electrons. The number of benzene rings is 2. The molecule has 2 aromatic carbocycles. The molecule has 3 atom stereocenters. The summed E-state index contributed by atoms with van der Waals surface area (Å²) >= 11 is 0. The van der Waals surface area contributed by atoms with E-state index in [1.54, 1.807) is 18.2 Å². The van der Waals surface area contributed by atoms with E-state index in [0.717, 1.165) is 5.56 Å². The summed E-state index contributed by atoms with van der Waals surface area (Å²) in [6.45, 7) is 2.05. The molecule has 3 amide bonds. The minimum Gasteiger partial charge on any atom is -0.372 e. The molecule has 2 bridgehead atoms. The summed E-state index contributed by atoms with van der Waals surface area (Å²) < 4.78 is 86.2. The van der Waals surface area contributed by atoms with Crippen molar-refractivity contribution in [1.29, 1.82) is 0 Å². The zero-order valence-corrected chi connectivity index (χ0v) is 19.8. The Morgan fingerprint density at radius 2 is 1.57 bits per heavy atom. The van der Waals surface area contributed by atoms with Crippen LogP contribution in [-0.4, -0.2) is 54.5 Å². The van der Waals surface area contributed by atoms with E-state index in [4.69, 9.17) is 4.74 Å². The third kappa shape index (κ3) is 5.74. The molecule has 6 nitrogen and oxygen atoms in total. The van der Waals surface area contributed by atoms with Crippen LogP contribution in [0.25, 0.3) is 0 Å². The van der Waals surface area contributed by atoms with E-state index in [1.807, 2.05) is 17.0 Å². The Hall–Kier alpha value is -3.12. The number of halogens is 6. The van der Waals surface area contributed by atoms with Crippen LogP contribution in [0.1, 0.15) is 41.7 Å². The van der Waals surface area contributed by atoms with Crippen molar-refractivity contribution in [3.8, 4) is 0 Å². The van der Waals surface area contributed by atoms with Crippen LogP contribution in [-0.2, 0) is 27.4 Å². The second-order valence-electron chi connectivity index (χ2n) is 9.20. The summed E-state index contributed by atoms with van der Waals surface area (Å²) in [5, 5.41) is 2.33. The second kappa shape index (κ2) is 9.97. The molecule has 12 heteroatoms. The van der Waals surface area contributed by atoms with Gasteiger partial charge in [0.05, 0.1) is 35.9 Å². The van der Waals surface area contributed by atoms with Gasteiger partial charge >= 0.3 is 18.4 Å². The molecule has 2 fully saturated rings. The molecular formula is C25H25F6N3O3. The number of nitrogens with one attached hydrogen (secondary N) is 1. The van der Waals surface area contributed by atoms with Gasteiger partial charge in [-0.2, -0.15) is 26.3 Å². The molecule has 0 aliphatic carbocycles. The Bertz CT molecular complexity index is 1120. The van der Waals surface area contributed by atoms with Crippen LogP contribution < -0.4 is 5.32 Å². The minimum absolute atomic E-state index is 0.0778. The van der Waals surface area contributed by atoms with Crippen LogP contribution in [0.3, 0.4) is 0 Å². The van der Waals surface area contributed by atoms with Gasteiger partial charge in [-0.1, -0.05) is 30.3 Å². The Morgan fingerprint density at radius 1 is 0.946 bits per heavy atom. The fourth-order valence-electron chi connectivity index (χ4n) is 4.78. The van der Waals surface area contributed by atoms with Crippen molar-refractivity contribution >= 4 is 11.9 Å². The molecule has 2 aliphatic heterocycles. The van der Waals surface area contributed by atoms with Crippen LogP contribution in [0.5, 0.6) is 0 Å². The first-order chi connectivity index (χ1) is 17.3. The first-order valence-corrected chi connectivity index (χ1v) is 11.6. The third-order valence-corrected chi connectivity index (χ3v) is 6.87. The topological polar surface area (TPSA) is 61.9 Å². The zero-order chi connectivity index (χ0) is 27.0. The number of hydrogen-bond donors (Lipinski definition) is 1. The molecule has 0 spiro atoms. The van der Waals surface area contributed by atoms with E-state index in [1.165, 1.54) is 11.8 Å². The monoisotopic (exact) mass is 529 g/mol. The van der Waals surface area contributed by atoms with Gasteiger partial charge in [-0.25, -0.2) is 4.79 Å². The maximum atomic E-state index is 13.4. The molecular weight excluding hydrogens is 504 g/mol. The molecule has 4 rings (SSSR count). The fourth-order valence-corrected chi connectivity index (χ4v) is 4.78. The number of carbonyl (C=O) groups is 2. The molecule has 1 N–H and O–H groups in total. The van der Waals surface area contributed by atoms with Gasteiger partial charge < -0.3 is 9.64 Å². The lowest BCUT2D eigenvalue weighted by atomic mass is 9.85. The molecule has 37 heavy (non-hydrogen) atoms. The van der Waals surface area contributed by atoms with Crippen molar-refractivity contribution < 1.29 is 40.7 Å². The lowest BCUT2D eigenvalue weighted by Crippen LogP contribution is -2.55. The Morgan fingerprint density at radius 3 is 2.16 bits per heavy atom. The highest BCUT2D eigenvalue weighted by Crippen LogP contribution is 2.40. The van der Waals surface area contributed by atoms with E-state index in [-0.39, 0.29) is 31.3 Å². The molecule has 0 saturated carbocycles. The van der Waals surface area contributed by atoms with Gasteiger partial charge in [0.15, 0.2) is 0 Å². The highest BCUT2D eigenvalue weighted by atomic mass is 19.4. The molecule has 200 valence electrons. The fraction of sp³-hybridized carbons (Fsp3) is 0.440. The van der Waals surface area contributed by atoms with Crippen molar-refractivity contribution in [1.82, 2.24) is 15.1 Å². The Labute approximate surface area is 209 Å². The maximum absolute atomic E-state index is 13.4. The number of amides is 3. The van der Waals surface area contributed by atoms with Crippen LogP contribution >= 0.6 is 0 Å². The molecule has 1 unspecified atom stereocenters. The van der Waals surface area contributed by atoms with Crippen LogP contribution in [0.15, 0.2) is 48.5 Å². The average Bonchev–Trinajstić information content (AvgIpc) is 2.98. The van der Waals surface area contributed by atoms with Gasteiger partial charge in [0.1, 0.15) is 0 Å². The van der Waals surface area contributed by atoms with Crippen molar-refractivity contribution in [3.63, 3.8) is 0 Å². The smallest absolute Gasteiger partial charge is 0.372 e. The summed E-state index contributed by atoms with van der Waals surface area (Å²) in [6.07, 6.45) is -10.7. The minimum atomic E-state index is -4.97. The van der Waals surface area contributed by atoms with Gasteiger partial charge in [-0.3, -0.25) is 15.0 Å². The van der Waals surface area contributed by atoms with Crippen molar-refractivity contribution in [2.24, 2.45) is 0 Å². The summed E-state index contributed by atoms with van der Waals surface area (Å²) in [4.78, 5) is 28.2. The Kier molecular flexibility index (Phi) is 7.26. The number of imide groups is 1. The second-order valence-corrected chi connectivity index (χ2v) is 9.20. The predicted octanol–water partition coefficient (Wildman–Crippen LogP) is 4.95. The highest BCUT2D eigenvalue weighted by molar-refractivity contribution is 5.95. The number of nitrogens with zero attached hydrogens (tertiary/aromatic N) is 2. The normalized spacial score (nSPS) is 23.8. The van der Waals surface area contributed by atoms with Crippen molar-refractivity contribution in [3.05, 3.63) is 70.8 Å². The number of alkyl halides is 6. The van der Waals surface area contributed by atoms with Crippen LogP contribution in [0.4, 0.5) is 31.1 Å². The summed E-state index contributed by atoms with van der Waals surface area (Å²) in [5.41, 5.74) is -3.31. The first-order valence-electron chi connectivity index (χ1n) is 11.6. The SMILES string of the molecule is C[C@@H](OC[C@@]1(c2ccccc2)CCN2CCN1CC(=O)NC2=O)c1cc(C(F)(F)F)cc(C(F)(F)F)c1. The summed E-state index contributed by atoms with van der Waals surface area (Å²) in [5.74, 6) is -0.516. The molecule has 2 aromatic rings. The van der Waals surface area contributed by atoms with Gasteiger partial charge in [-0.15, -0.1) is 0 Å². The van der Waals surface area contributed by atoms with Crippen molar-refractivity contribution in [2.45, 2.75) is 37.3 Å². The standard InChI is InChI=1S/C25H25F6N3O3/c1-16(17-11-19(24(26,27)28)13-20(12-17)25(29,30)31)37-15-23(18-5-3-2-4-6-18)7-8-33-9-10-34(23)14-21(35)32-22(33)36/h2-6,11-13,16H,7-10,14-15H2,1H3,(H,32,35,36)/t16-,23-/m1/s1. The number of rotatable bonds is 5. The number of carbonyl (C=O) groups excluding carboxylic acids is 2. The van der Waals surface area contributed by atoms with E-state index in [2.05, 4.69) is 5.32 Å². The largest absolute Gasteiger partial charge is 0.416 e. The Balaban J connectivity index is 1.70.